The molecular formula is C23H28N2O2. The highest BCUT2D eigenvalue weighted by molar-refractivity contribution is 6.02. The van der Waals surface area contributed by atoms with Gasteiger partial charge < -0.3 is 15.0 Å². The number of nitrogens with one attached hydrogen (secondary N) is 1. The molecule has 0 aliphatic carbocycles. The van der Waals surface area contributed by atoms with Gasteiger partial charge in [0.2, 0.25) is 0 Å². The molecule has 1 amide bonds. The van der Waals surface area contributed by atoms with Gasteiger partial charge in [0.1, 0.15) is 11.4 Å². The minimum atomic E-state index is -0.728. The van der Waals surface area contributed by atoms with Gasteiger partial charge in [0.05, 0.1) is 12.2 Å². The molecule has 27 heavy (non-hydrogen) atoms. The molecule has 3 rings (SSSR count). The van der Waals surface area contributed by atoms with Crippen LogP contribution in [0.5, 0.6) is 5.75 Å². The summed E-state index contributed by atoms with van der Waals surface area (Å²) in [5.41, 5.74) is 1.73. The summed E-state index contributed by atoms with van der Waals surface area (Å²) < 4.78 is 6.11. The molecule has 0 bridgehead atoms. The molecule has 1 heterocycles. The maximum Gasteiger partial charge on any atom is 0.258 e. The van der Waals surface area contributed by atoms with E-state index in [0.717, 1.165) is 23.4 Å². The van der Waals surface area contributed by atoms with Crippen LogP contribution in [-0.2, 0) is 5.66 Å². The van der Waals surface area contributed by atoms with E-state index >= 15 is 0 Å². The molecule has 1 aliphatic rings. The molecule has 0 fully saturated rings. The van der Waals surface area contributed by atoms with Crippen LogP contribution in [-0.4, -0.2) is 24.0 Å². The van der Waals surface area contributed by atoms with E-state index in [4.69, 9.17) is 4.74 Å². The lowest BCUT2D eigenvalue weighted by atomic mass is 9.92. The summed E-state index contributed by atoms with van der Waals surface area (Å²) in [7, 11) is 0. The quantitative estimate of drug-likeness (QED) is 0.700. The van der Waals surface area contributed by atoms with Crippen LogP contribution in [0.2, 0.25) is 0 Å². The van der Waals surface area contributed by atoms with Crippen LogP contribution in [0.3, 0.4) is 0 Å². The number of carbonyl (C=O) groups excluding carboxylic acids is 1. The average molecular weight is 364 g/mol. The fraction of sp³-hybridized carbons (Fsp3) is 0.348. The van der Waals surface area contributed by atoms with Gasteiger partial charge in [0, 0.05) is 17.8 Å². The standard InChI is InChI=1S/C23H28N2O2/c1-5-15-25-22(26)18-10-6-8-12-20(18)24-23(25,4)19-11-7-9-13-21(19)27-16-14-17(2)3/h5-13,17,24H,1,14-16H2,2-4H3. The van der Waals surface area contributed by atoms with Crippen LogP contribution in [0.1, 0.15) is 43.1 Å². The van der Waals surface area contributed by atoms with Gasteiger partial charge >= 0.3 is 0 Å². The van der Waals surface area contributed by atoms with Crippen LogP contribution in [0.4, 0.5) is 5.69 Å². The Morgan fingerprint density at radius 3 is 2.63 bits per heavy atom. The molecule has 1 N–H and O–H groups in total. The molecule has 0 saturated carbocycles. The number of rotatable bonds is 7. The molecule has 0 spiro atoms. The maximum atomic E-state index is 13.2. The number of anilines is 1. The van der Waals surface area contributed by atoms with Crippen molar-refractivity contribution < 1.29 is 9.53 Å². The SMILES string of the molecule is C=CCN1C(=O)c2ccccc2NC1(C)c1ccccc1OCCC(C)C. The van der Waals surface area contributed by atoms with Crippen LogP contribution in [0.15, 0.2) is 61.2 Å². The lowest BCUT2D eigenvalue weighted by molar-refractivity contribution is 0.0566. The van der Waals surface area contributed by atoms with Gasteiger partial charge in [-0.3, -0.25) is 4.79 Å². The van der Waals surface area contributed by atoms with Gasteiger partial charge in [-0.15, -0.1) is 6.58 Å². The third-order valence-electron chi connectivity index (χ3n) is 5.00. The van der Waals surface area contributed by atoms with Crippen LogP contribution in [0, 0.1) is 5.92 Å². The van der Waals surface area contributed by atoms with Crippen LogP contribution in [0.25, 0.3) is 0 Å². The fourth-order valence-corrected chi connectivity index (χ4v) is 3.46. The van der Waals surface area contributed by atoms with E-state index in [1.54, 1.807) is 6.08 Å². The molecule has 1 atom stereocenters. The van der Waals surface area contributed by atoms with Crippen LogP contribution < -0.4 is 10.1 Å². The van der Waals surface area contributed by atoms with E-state index < -0.39 is 5.66 Å². The predicted molar refractivity (Wildman–Crippen MR) is 110 cm³/mol. The second-order valence-electron chi connectivity index (χ2n) is 7.47. The van der Waals surface area contributed by atoms with Gasteiger partial charge in [-0.25, -0.2) is 0 Å². The zero-order valence-electron chi connectivity index (χ0n) is 16.4. The predicted octanol–water partition coefficient (Wildman–Crippen LogP) is 5.04. The van der Waals surface area contributed by atoms with E-state index in [1.165, 1.54) is 0 Å². The smallest absolute Gasteiger partial charge is 0.258 e. The summed E-state index contributed by atoms with van der Waals surface area (Å²) in [6.07, 6.45) is 2.74. The third kappa shape index (κ3) is 3.70. The van der Waals surface area contributed by atoms with Crippen molar-refractivity contribution in [3.8, 4) is 5.75 Å². The minimum Gasteiger partial charge on any atom is -0.493 e. The summed E-state index contributed by atoms with van der Waals surface area (Å²) in [5.74, 6) is 1.37. The third-order valence-corrected chi connectivity index (χ3v) is 5.00. The Morgan fingerprint density at radius 1 is 1.19 bits per heavy atom. The number of benzene rings is 2. The number of fused-ring (bicyclic) bond motifs is 1. The number of para-hydroxylation sites is 2. The monoisotopic (exact) mass is 364 g/mol. The Kier molecular flexibility index (Phi) is 5.54. The Morgan fingerprint density at radius 2 is 1.89 bits per heavy atom. The topological polar surface area (TPSA) is 41.6 Å². The molecule has 2 aromatic carbocycles. The number of nitrogens with zero attached hydrogens (tertiary/aromatic N) is 1. The van der Waals surface area contributed by atoms with E-state index in [-0.39, 0.29) is 5.91 Å². The normalized spacial score (nSPS) is 18.8. The number of hydrogen-bond acceptors (Lipinski definition) is 3. The molecule has 142 valence electrons. The lowest BCUT2D eigenvalue weighted by Crippen LogP contribution is -2.56. The summed E-state index contributed by atoms with van der Waals surface area (Å²) in [5, 5.41) is 3.57. The van der Waals surface area contributed by atoms with Gasteiger partial charge in [-0.05, 0) is 37.5 Å². The minimum absolute atomic E-state index is 0.0104. The molecule has 1 aliphatic heterocycles. The average Bonchev–Trinajstić information content (AvgIpc) is 2.65. The lowest BCUT2D eigenvalue weighted by Gasteiger charge is -2.46. The highest BCUT2D eigenvalue weighted by Crippen LogP contribution is 2.41. The van der Waals surface area contributed by atoms with Gasteiger partial charge in [0.15, 0.2) is 0 Å². The first-order valence-corrected chi connectivity index (χ1v) is 9.49. The number of hydrogen-bond donors (Lipinski definition) is 1. The summed E-state index contributed by atoms with van der Waals surface area (Å²) >= 11 is 0. The zero-order chi connectivity index (χ0) is 19.4. The Balaban J connectivity index is 2.03. The number of carbonyl (C=O) groups is 1. The van der Waals surface area contributed by atoms with Crippen molar-refractivity contribution in [3.05, 3.63) is 72.3 Å². The summed E-state index contributed by atoms with van der Waals surface area (Å²) in [6, 6.07) is 15.6. The first-order valence-electron chi connectivity index (χ1n) is 9.49. The Bertz CT molecular complexity index is 831. The Hall–Kier alpha value is -2.75. The fourth-order valence-electron chi connectivity index (χ4n) is 3.46. The first-order chi connectivity index (χ1) is 13.0. The maximum absolute atomic E-state index is 13.2. The van der Waals surface area contributed by atoms with E-state index in [1.807, 2.05) is 60.4 Å². The van der Waals surface area contributed by atoms with E-state index in [0.29, 0.717) is 24.6 Å². The van der Waals surface area contributed by atoms with Crippen molar-refractivity contribution >= 4 is 11.6 Å². The second-order valence-corrected chi connectivity index (χ2v) is 7.47. The van der Waals surface area contributed by atoms with Crippen molar-refractivity contribution in [2.24, 2.45) is 5.92 Å². The molecule has 0 radical (unpaired) electrons. The zero-order valence-corrected chi connectivity index (χ0v) is 16.4. The molecule has 4 nitrogen and oxygen atoms in total. The molecular weight excluding hydrogens is 336 g/mol. The summed E-state index contributed by atoms with van der Waals surface area (Å²) in [4.78, 5) is 15.0. The highest BCUT2D eigenvalue weighted by Gasteiger charge is 2.43. The first kappa shape index (κ1) is 19.0. The van der Waals surface area contributed by atoms with Crippen molar-refractivity contribution in [2.75, 3.05) is 18.5 Å². The molecule has 0 aromatic heterocycles. The molecule has 0 saturated heterocycles. The van der Waals surface area contributed by atoms with Gasteiger partial charge in [-0.2, -0.15) is 0 Å². The van der Waals surface area contributed by atoms with Crippen molar-refractivity contribution in [1.29, 1.82) is 0 Å². The molecule has 4 heteroatoms. The van der Waals surface area contributed by atoms with E-state index in [9.17, 15) is 4.79 Å². The Labute approximate surface area is 161 Å². The van der Waals surface area contributed by atoms with Crippen molar-refractivity contribution in [2.45, 2.75) is 32.9 Å². The second kappa shape index (κ2) is 7.87. The van der Waals surface area contributed by atoms with Gasteiger partial charge in [0.25, 0.3) is 5.91 Å². The number of amides is 1. The largest absolute Gasteiger partial charge is 0.493 e. The van der Waals surface area contributed by atoms with Crippen LogP contribution >= 0.6 is 0 Å². The van der Waals surface area contributed by atoms with E-state index in [2.05, 4.69) is 25.7 Å². The molecule has 1 unspecified atom stereocenters. The van der Waals surface area contributed by atoms with Crippen molar-refractivity contribution in [1.82, 2.24) is 4.90 Å². The molecule has 2 aromatic rings. The number of ether oxygens (including phenoxy) is 1. The summed E-state index contributed by atoms with van der Waals surface area (Å²) in [6.45, 7) is 11.3. The highest BCUT2D eigenvalue weighted by atomic mass is 16.5. The van der Waals surface area contributed by atoms with Gasteiger partial charge in [-0.1, -0.05) is 50.3 Å². The van der Waals surface area contributed by atoms with Crippen molar-refractivity contribution in [3.63, 3.8) is 0 Å².